The summed E-state index contributed by atoms with van der Waals surface area (Å²) in [7, 11) is 0. The molecule has 2 aromatic heterocycles. The summed E-state index contributed by atoms with van der Waals surface area (Å²) in [6.07, 6.45) is 4.07. The number of hydrogen-bond donors (Lipinski definition) is 2. The van der Waals surface area contributed by atoms with Crippen LogP contribution >= 0.6 is 0 Å². The Morgan fingerprint density at radius 2 is 2.00 bits per heavy atom. The van der Waals surface area contributed by atoms with E-state index in [1.807, 2.05) is 12.4 Å². The Kier molecular flexibility index (Phi) is 3.39. The quantitative estimate of drug-likeness (QED) is 0.889. The van der Waals surface area contributed by atoms with E-state index in [0.29, 0.717) is 17.7 Å². The molecule has 5 heteroatoms. The minimum atomic E-state index is 0.149. The molecular formula is C14H23N5. The molecule has 19 heavy (non-hydrogen) atoms. The molecule has 5 nitrogen and oxygen atoms in total. The summed E-state index contributed by atoms with van der Waals surface area (Å²) < 4.78 is 2.19. The number of nitrogen functional groups attached to an aromatic ring is 2. The van der Waals surface area contributed by atoms with Crippen LogP contribution in [0.1, 0.15) is 46.6 Å². The first-order valence-electron chi connectivity index (χ1n) is 6.73. The van der Waals surface area contributed by atoms with Crippen LogP contribution in [0, 0.1) is 5.41 Å². The van der Waals surface area contributed by atoms with Gasteiger partial charge in [-0.15, -0.1) is 0 Å². The Hall–Kier alpha value is -1.78. The van der Waals surface area contributed by atoms with Crippen molar-refractivity contribution in [3.8, 4) is 0 Å². The summed E-state index contributed by atoms with van der Waals surface area (Å²) in [5, 5.41) is 0. The highest BCUT2D eigenvalue weighted by atomic mass is 15.1. The highest BCUT2D eigenvalue weighted by Crippen LogP contribution is 2.37. The van der Waals surface area contributed by atoms with Crippen molar-refractivity contribution >= 4 is 22.7 Å². The molecule has 4 N–H and O–H groups in total. The molecule has 104 valence electrons. The van der Waals surface area contributed by atoms with Crippen molar-refractivity contribution in [2.45, 2.75) is 46.6 Å². The lowest BCUT2D eigenvalue weighted by Gasteiger charge is -2.32. The highest BCUT2D eigenvalue weighted by molar-refractivity contribution is 5.87. The number of imidazole rings is 1. The molecular weight excluding hydrogens is 238 g/mol. The monoisotopic (exact) mass is 261 g/mol. The molecule has 2 rings (SSSR count). The Bertz CT molecular complexity index is 579. The van der Waals surface area contributed by atoms with Crippen molar-refractivity contribution in [1.82, 2.24) is 14.5 Å². The number of nitrogens with zero attached hydrogens (tertiary/aromatic N) is 3. The van der Waals surface area contributed by atoms with Gasteiger partial charge in [0.1, 0.15) is 11.3 Å². The number of rotatable bonds is 3. The van der Waals surface area contributed by atoms with Crippen LogP contribution in [-0.2, 0) is 0 Å². The van der Waals surface area contributed by atoms with Gasteiger partial charge in [0.05, 0.1) is 11.8 Å². The predicted octanol–water partition coefficient (Wildman–Crippen LogP) is 2.98. The van der Waals surface area contributed by atoms with Gasteiger partial charge in [-0.2, -0.15) is 0 Å². The van der Waals surface area contributed by atoms with Crippen LogP contribution in [0.4, 0.5) is 11.6 Å². The van der Waals surface area contributed by atoms with Crippen molar-refractivity contribution in [2.75, 3.05) is 11.5 Å². The SMILES string of the molecule is CCCC(n1cnc2c(N)nc(N)cc21)C(C)(C)C. The molecule has 1 atom stereocenters. The third kappa shape index (κ3) is 2.50. The van der Waals surface area contributed by atoms with E-state index >= 15 is 0 Å². The van der Waals surface area contributed by atoms with Crippen LogP contribution in [0.25, 0.3) is 11.0 Å². The van der Waals surface area contributed by atoms with E-state index in [2.05, 4.69) is 42.2 Å². The number of pyridine rings is 1. The lowest BCUT2D eigenvalue weighted by molar-refractivity contribution is 0.231. The molecule has 0 fully saturated rings. The largest absolute Gasteiger partial charge is 0.384 e. The zero-order valence-corrected chi connectivity index (χ0v) is 12.1. The van der Waals surface area contributed by atoms with Crippen molar-refractivity contribution < 1.29 is 0 Å². The number of hydrogen-bond acceptors (Lipinski definition) is 4. The fourth-order valence-corrected chi connectivity index (χ4v) is 2.59. The molecule has 0 aliphatic rings. The van der Waals surface area contributed by atoms with E-state index < -0.39 is 0 Å². The zero-order valence-electron chi connectivity index (χ0n) is 12.1. The van der Waals surface area contributed by atoms with Gasteiger partial charge in [0, 0.05) is 12.1 Å². The number of aromatic nitrogens is 3. The maximum absolute atomic E-state index is 5.89. The Morgan fingerprint density at radius 3 is 2.58 bits per heavy atom. The molecule has 0 aliphatic heterocycles. The second-order valence-corrected chi connectivity index (χ2v) is 6.12. The molecule has 0 spiro atoms. The number of fused-ring (bicyclic) bond motifs is 1. The van der Waals surface area contributed by atoms with Crippen molar-refractivity contribution in [3.05, 3.63) is 12.4 Å². The molecule has 0 amide bonds. The number of anilines is 2. The lowest BCUT2D eigenvalue weighted by Crippen LogP contribution is -2.23. The third-order valence-corrected chi connectivity index (χ3v) is 3.51. The van der Waals surface area contributed by atoms with Crippen LogP contribution < -0.4 is 11.5 Å². The molecule has 0 bridgehead atoms. The standard InChI is InChI=1S/C14H23N5/c1-5-6-10(14(2,3)4)19-8-17-12-9(19)7-11(15)18-13(12)16/h7-8,10H,5-6H2,1-4H3,(H4,15,16,18). The van der Waals surface area contributed by atoms with E-state index in [1.165, 1.54) is 0 Å². The van der Waals surface area contributed by atoms with E-state index in [-0.39, 0.29) is 5.41 Å². The predicted molar refractivity (Wildman–Crippen MR) is 79.8 cm³/mol. The van der Waals surface area contributed by atoms with Crippen molar-refractivity contribution in [1.29, 1.82) is 0 Å². The molecule has 2 aromatic rings. The molecule has 0 saturated heterocycles. The van der Waals surface area contributed by atoms with Crippen LogP contribution in [0.3, 0.4) is 0 Å². The van der Waals surface area contributed by atoms with Gasteiger partial charge in [0.2, 0.25) is 0 Å². The summed E-state index contributed by atoms with van der Waals surface area (Å²) in [6, 6.07) is 2.22. The maximum Gasteiger partial charge on any atom is 0.154 e. The summed E-state index contributed by atoms with van der Waals surface area (Å²) >= 11 is 0. The summed E-state index contributed by atoms with van der Waals surface area (Å²) in [4.78, 5) is 8.46. The van der Waals surface area contributed by atoms with E-state index in [9.17, 15) is 0 Å². The molecule has 0 aromatic carbocycles. The highest BCUT2D eigenvalue weighted by Gasteiger charge is 2.27. The second kappa shape index (κ2) is 4.72. The fourth-order valence-electron chi connectivity index (χ4n) is 2.59. The normalized spacial score (nSPS) is 13.9. The van der Waals surface area contributed by atoms with E-state index in [4.69, 9.17) is 11.5 Å². The van der Waals surface area contributed by atoms with Crippen LogP contribution in [0.15, 0.2) is 12.4 Å². The van der Waals surface area contributed by atoms with Gasteiger partial charge in [0.25, 0.3) is 0 Å². The van der Waals surface area contributed by atoms with Crippen LogP contribution in [0.2, 0.25) is 0 Å². The summed E-state index contributed by atoms with van der Waals surface area (Å²) in [5.41, 5.74) is 13.5. The smallest absolute Gasteiger partial charge is 0.154 e. The minimum Gasteiger partial charge on any atom is -0.384 e. The van der Waals surface area contributed by atoms with Crippen molar-refractivity contribution in [3.63, 3.8) is 0 Å². The topological polar surface area (TPSA) is 82.8 Å². The van der Waals surface area contributed by atoms with E-state index in [0.717, 1.165) is 23.9 Å². The number of nitrogens with two attached hydrogens (primary N) is 2. The maximum atomic E-state index is 5.89. The van der Waals surface area contributed by atoms with E-state index in [1.54, 1.807) is 0 Å². The second-order valence-electron chi connectivity index (χ2n) is 6.12. The minimum absolute atomic E-state index is 0.149. The Balaban J connectivity index is 2.61. The first-order valence-corrected chi connectivity index (χ1v) is 6.73. The molecule has 0 saturated carbocycles. The van der Waals surface area contributed by atoms with Gasteiger partial charge in [-0.3, -0.25) is 0 Å². The van der Waals surface area contributed by atoms with Crippen LogP contribution in [-0.4, -0.2) is 14.5 Å². The van der Waals surface area contributed by atoms with Gasteiger partial charge in [0.15, 0.2) is 5.82 Å². The Labute approximate surface area is 114 Å². The van der Waals surface area contributed by atoms with Crippen LogP contribution in [0.5, 0.6) is 0 Å². The fraction of sp³-hybridized carbons (Fsp3) is 0.571. The average Bonchev–Trinajstić information content (AvgIpc) is 2.68. The summed E-state index contributed by atoms with van der Waals surface area (Å²) in [6.45, 7) is 8.93. The molecule has 1 unspecified atom stereocenters. The summed E-state index contributed by atoms with van der Waals surface area (Å²) in [5.74, 6) is 0.841. The first-order chi connectivity index (χ1) is 8.84. The lowest BCUT2D eigenvalue weighted by atomic mass is 9.84. The molecule has 0 radical (unpaired) electrons. The van der Waals surface area contributed by atoms with Gasteiger partial charge in [-0.25, -0.2) is 9.97 Å². The first kappa shape index (κ1) is 13.6. The zero-order chi connectivity index (χ0) is 14.2. The average molecular weight is 261 g/mol. The van der Waals surface area contributed by atoms with Gasteiger partial charge < -0.3 is 16.0 Å². The molecule has 2 heterocycles. The Morgan fingerprint density at radius 1 is 1.32 bits per heavy atom. The van der Waals surface area contributed by atoms with Crippen molar-refractivity contribution in [2.24, 2.45) is 5.41 Å². The molecule has 0 aliphatic carbocycles. The van der Waals surface area contributed by atoms with Gasteiger partial charge in [-0.05, 0) is 11.8 Å². The van der Waals surface area contributed by atoms with Gasteiger partial charge >= 0.3 is 0 Å². The third-order valence-electron chi connectivity index (χ3n) is 3.51. The van der Waals surface area contributed by atoms with Gasteiger partial charge in [-0.1, -0.05) is 34.1 Å².